The number of halogens is 1. The monoisotopic (exact) mass is 448 g/mol. The summed E-state index contributed by atoms with van der Waals surface area (Å²) in [6.07, 6.45) is 3.13. The number of carbonyl (C=O) groups excluding carboxylic acids is 1. The number of aryl methyl sites for hydroxylation is 2. The predicted octanol–water partition coefficient (Wildman–Crippen LogP) is 4.41. The molecule has 6 nitrogen and oxygen atoms in total. The van der Waals surface area contributed by atoms with Gasteiger partial charge in [-0.2, -0.15) is 0 Å². The summed E-state index contributed by atoms with van der Waals surface area (Å²) in [5.74, 6) is 0.348. The van der Waals surface area contributed by atoms with Gasteiger partial charge in [-0.1, -0.05) is 12.1 Å². The number of hydrogen-bond acceptors (Lipinski definition) is 4. The quantitative estimate of drug-likeness (QED) is 0.503. The highest BCUT2D eigenvalue weighted by molar-refractivity contribution is 9.10. The Morgan fingerprint density at radius 2 is 1.86 bits per heavy atom. The summed E-state index contributed by atoms with van der Waals surface area (Å²) in [6.45, 7) is 3.69. The predicted molar refractivity (Wildman–Crippen MR) is 117 cm³/mol. The Morgan fingerprint density at radius 1 is 1.07 bits per heavy atom. The topological polar surface area (TPSA) is 76.9 Å². The maximum Gasteiger partial charge on any atom is 0.265 e. The van der Waals surface area contributed by atoms with Crippen LogP contribution >= 0.6 is 15.9 Å². The Morgan fingerprint density at radius 3 is 2.62 bits per heavy atom. The summed E-state index contributed by atoms with van der Waals surface area (Å²) >= 11 is 3.32. The molecule has 29 heavy (non-hydrogen) atoms. The SMILES string of the molecule is Cc1cc(-n2c(C)nc3ccccc3c2=O)ccc1NC(=O)c1cncc(Br)c1. The van der Waals surface area contributed by atoms with E-state index < -0.39 is 0 Å². The van der Waals surface area contributed by atoms with Crippen molar-refractivity contribution >= 4 is 38.4 Å². The minimum atomic E-state index is -0.254. The van der Waals surface area contributed by atoms with Crippen LogP contribution in [0.15, 0.2) is 70.2 Å². The van der Waals surface area contributed by atoms with Crippen molar-refractivity contribution in [2.75, 3.05) is 5.32 Å². The third-order valence-electron chi connectivity index (χ3n) is 4.63. The largest absolute Gasteiger partial charge is 0.322 e. The summed E-state index contributed by atoms with van der Waals surface area (Å²) in [6, 6.07) is 14.4. The molecule has 1 amide bonds. The molecular weight excluding hydrogens is 432 g/mol. The number of anilines is 1. The van der Waals surface area contributed by atoms with Crippen molar-refractivity contribution in [1.82, 2.24) is 14.5 Å². The summed E-state index contributed by atoms with van der Waals surface area (Å²) in [5, 5.41) is 3.45. The molecule has 2 aromatic heterocycles. The van der Waals surface area contributed by atoms with Gasteiger partial charge in [-0.15, -0.1) is 0 Å². The Labute approximate surface area is 175 Å². The van der Waals surface area contributed by atoms with Crippen molar-refractivity contribution < 1.29 is 4.79 Å². The van der Waals surface area contributed by atoms with Gasteiger partial charge in [-0.05, 0) is 71.7 Å². The summed E-state index contributed by atoms with van der Waals surface area (Å²) < 4.78 is 2.31. The van der Waals surface area contributed by atoms with Crippen LogP contribution in [0.1, 0.15) is 21.7 Å². The molecule has 0 aliphatic heterocycles. The molecule has 0 bridgehead atoms. The number of fused-ring (bicyclic) bond motifs is 1. The molecule has 0 radical (unpaired) electrons. The molecule has 1 N–H and O–H groups in total. The van der Waals surface area contributed by atoms with Gasteiger partial charge in [-0.3, -0.25) is 19.1 Å². The van der Waals surface area contributed by atoms with Crippen molar-refractivity contribution in [2.24, 2.45) is 0 Å². The lowest BCUT2D eigenvalue weighted by Crippen LogP contribution is -2.22. The number of benzene rings is 2. The van der Waals surface area contributed by atoms with Crippen LogP contribution in [-0.2, 0) is 0 Å². The second-order valence-corrected chi connectivity index (χ2v) is 7.58. The normalized spacial score (nSPS) is 10.9. The molecule has 144 valence electrons. The van der Waals surface area contributed by atoms with Crippen LogP contribution in [0.3, 0.4) is 0 Å². The lowest BCUT2D eigenvalue weighted by Gasteiger charge is -2.14. The first-order valence-electron chi connectivity index (χ1n) is 8.95. The van der Waals surface area contributed by atoms with E-state index in [0.717, 1.165) is 10.0 Å². The number of nitrogens with one attached hydrogen (secondary N) is 1. The van der Waals surface area contributed by atoms with E-state index in [0.29, 0.717) is 33.7 Å². The fraction of sp³-hybridized carbons (Fsp3) is 0.0909. The first-order valence-corrected chi connectivity index (χ1v) is 9.74. The van der Waals surface area contributed by atoms with E-state index >= 15 is 0 Å². The molecule has 0 atom stereocenters. The molecule has 2 aromatic carbocycles. The van der Waals surface area contributed by atoms with Gasteiger partial charge in [0.1, 0.15) is 5.82 Å². The van der Waals surface area contributed by atoms with Gasteiger partial charge in [-0.25, -0.2) is 4.98 Å². The first-order chi connectivity index (χ1) is 13.9. The number of carbonyl (C=O) groups is 1. The van der Waals surface area contributed by atoms with Gasteiger partial charge in [0.25, 0.3) is 11.5 Å². The lowest BCUT2D eigenvalue weighted by atomic mass is 10.1. The van der Waals surface area contributed by atoms with Crippen LogP contribution in [0.2, 0.25) is 0 Å². The Hall–Kier alpha value is -3.32. The van der Waals surface area contributed by atoms with Crippen molar-refractivity contribution in [1.29, 1.82) is 0 Å². The molecule has 0 spiro atoms. The van der Waals surface area contributed by atoms with E-state index in [1.165, 1.54) is 6.20 Å². The number of amides is 1. The van der Waals surface area contributed by atoms with Crippen molar-refractivity contribution in [3.05, 3.63) is 92.7 Å². The third-order valence-corrected chi connectivity index (χ3v) is 5.06. The standard InChI is InChI=1S/C22H17BrN4O2/c1-13-9-17(27-14(2)25-20-6-4-3-5-18(20)22(27)29)7-8-19(13)26-21(28)15-10-16(23)12-24-11-15/h3-12H,1-2H3,(H,26,28). The van der Waals surface area contributed by atoms with Crippen molar-refractivity contribution in [3.8, 4) is 5.69 Å². The molecule has 0 aliphatic rings. The number of nitrogens with zero attached hydrogens (tertiary/aromatic N) is 3. The number of rotatable bonds is 3. The van der Waals surface area contributed by atoms with Gasteiger partial charge < -0.3 is 5.32 Å². The van der Waals surface area contributed by atoms with Gasteiger partial charge in [0.05, 0.1) is 22.2 Å². The zero-order valence-electron chi connectivity index (χ0n) is 15.8. The Kier molecular flexibility index (Phi) is 4.98. The summed E-state index contributed by atoms with van der Waals surface area (Å²) in [7, 11) is 0. The third kappa shape index (κ3) is 3.69. The lowest BCUT2D eigenvalue weighted by molar-refractivity contribution is 0.102. The number of hydrogen-bond donors (Lipinski definition) is 1. The number of aromatic nitrogens is 3. The van der Waals surface area contributed by atoms with E-state index in [9.17, 15) is 9.59 Å². The average molecular weight is 449 g/mol. The van der Waals surface area contributed by atoms with E-state index in [1.807, 2.05) is 31.2 Å². The highest BCUT2D eigenvalue weighted by Gasteiger charge is 2.13. The van der Waals surface area contributed by atoms with Crippen molar-refractivity contribution in [2.45, 2.75) is 13.8 Å². The second-order valence-electron chi connectivity index (χ2n) is 6.66. The van der Waals surface area contributed by atoms with Gasteiger partial charge >= 0.3 is 0 Å². The highest BCUT2D eigenvalue weighted by Crippen LogP contribution is 2.21. The van der Waals surface area contributed by atoms with Crippen molar-refractivity contribution in [3.63, 3.8) is 0 Å². The zero-order valence-corrected chi connectivity index (χ0v) is 17.4. The van der Waals surface area contributed by atoms with Gasteiger partial charge in [0.15, 0.2) is 0 Å². The molecule has 7 heteroatoms. The molecule has 0 unspecified atom stereocenters. The van der Waals surface area contributed by atoms with E-state index in [2.05, 4.69) is 31.2 Å². The number of para-hydroxylation sites is 1. The van der Waals surface area contributed by atoms with Crippen LogP contribution < -0.4 is 10.9 Å². The second kappa shape index (κ2) is 7.60. The van der Waals surface area contributed by atoms with Crippen LogP contribution in [0.25, 0.3) is 16.6 Å². The van der Waals surface area contributed by atoms with E-state index in [4.69, 9.17) is 0 Å². The molecule has 0 saturated carbocycles. The molecule has 0 saturated heterocycles. The van der Waals surface area contributed by atoms with Gasteiger partial charge in [0.2, 0.25) is 0 Å². The van der Waals surface area contributed by atoms with Crippen LogP contribution in [-0.4, -0.2) is 20.4 Å². The molecule has 0 aliphatic carbocycles. The molecule has 4 rings (SSSR count). The Balaban J connectivity index is 1.70. The summed E-state index contributed by atoms with van der Waals surface area (Å²) in [4.78, 5) is 34.0. The maximum atomic E-state index is 13.0. The van der Waals surface area contributed by atoms with E-state index in [-0.39, 0.29) is 11.5 Å². The molecular formula is C22H17BrN4O2. The van der Waals surface area contributed by atoms with Gasteiger partial charge in [0, 0.05) is 22.6 Å². The average Bonchev–Trinajstić information content (AvgIpc) is 2.70. The maximum absolute atomic E-state index is 13.0. The smallest absolute Gasteiger partial charge is 0.265 e. The highest BCUT2D eigenvalue weighted by atomic mass is 79.9. The zero-order chi connectivity index (χ0) is 20.5. The minimum Gasteiger partial charge on any atom is -0.322 e. The Bertz CT molecular complexity index is 1310. The molecule has 0 fully saturated rings. The van der Waals surface area contributed by atoms with Crippen LogP contribution in [0, 0.1) is 13.8 Å². The minimum absolute atomic E-state index is 0.121. The molecule has 4 aromatic rings. The van der Waals surface area contributed by atoms with Crippen LogP contribution in [0.5, 0.6) is 0 Å². The van der Waals surface area contributed by atoms with Crippen LogP contribution in [0.4, 0.5) is 5.69 Å². The fourth-order valence-corrected chi connectivity index (χ4v) is 3.57. The van der Waals surface area contributed by atoms with E-state index in [1.54, 1.807) is 42.0 Å². The molecule has 2 heterocycles. The first kappa shape index (κ1) is 19.0. The summed E-state index contributed by atoms with van der Waals surface area (Å²) in [5.41, 5.74) is 3.20. The number of pyridine rings is 1. The fourth-order valence-electron chi connectivity index (χ4n) is 3.21.